The molecule has 0 atom stereocenters. The van der Waals surface area contributed by atoms with Gasteiger partial charge in [-0.05, 0) is 24.6 Å². The number of unbranched alkanes of at least 4 members (excludes halogenated alkanes) is 4. The van der Waals surface area contributed by atoms with Crippen molar-refractivity contribution >= 4 is 21.4 Å². The highest BCUT2D eigenvalue weighted by Gasteiger charge is 2.13. The highest BCUT2D eigenvalue weighted by atomic mass is 32.1. The summed E-state index contributed by atoms with van der Waals surface area (Å²) in [6.07, 6.45) is 6.69. The van der Waals surface area contributed by atoms with Crippen LogP contribution >= 0.6 is 11.3 Å². The monoisotopic (exact) mass is 337 g/mol. The first-order chi connectivity index (χ1) is 11.9. The maximum Gasteiger partial charge on any atom is 0.0352 e. The molecule has 0 saturated carbocycles. The number of fused-ring (bicyclic) bond motifs is 1. The first kappa shape index (κ1) is 17.2. The van der Waals surface area contributed by atoms with Gasteiger partial charge < -0.3 is 5.32 Å². The van der Waals surface area contributed by atoms with Crippen molar-refractivity contribution in [2.75, 3.05) is 6.54 Å². The summed E-state index contributed by atoms with van der Waals surface area (Å²) in [4.78, 5) is 1.45. The lowest BCUT2D eigenvalue weighted by Crippen LogP contribution is -2.14. The standard InChI is InChI=1S/C22H27NS/c1-2-3-4-5-11-16-23-17-21-22(18-12-7-6-8-13-18)19-14-9-10-15-20(19)24-21/h6-10,12-15,23H,2-5,11,16-17H2,1H3. The Morgan fingerprint density at radius 3 is 2.42 bits per heavy atom. The molecule has 1 heterocycles. The summed E-state index contributed by atoms with van der Waals surface area (Å²) in [7, 11) is 0. The smallest absolute Gasteiger partial charge is 0.0352 e. The van der Waals surface area contributed by atoms with E-state index in [4.69, 9.17) is 0 Å². The molecule has 0 unspecified atom stereocenters. The number of benzene rings is 2. The van der Waals surface area contributed by atoms with Crippen molar-refractivity contribution in [2.24, 2.45) is 0 Å². The third-order valence-corrected chi connectivity index (χ3v) is 5.64. The van der Waals surface area contributed by atoms with Crippen LogP contribution in [0.25, 0.3) is 21.2 Å². The molecule has 1 aromatic heterocycles. The Kier molecular flexibility index (Phi) is 6.45. The average molecular weight is 338 g/mol. The molecule has 0 spiro atoms. The van der Waals surface area contributed by atoms with Gasteiger partial charge in [0.2, 0.25) is 0 Å². The molecule has 2 aromatic carbocycles. The van der Waals surface area contributed by atoms with Gasteiger partial charge in [-0.2, -0.15) is 0 Å². The summed E-state index contributed by atoms with van der Waals surface area (Å²) in [6, 6.07) is 19.6. The molecular formula is C22H27NS. The normalized spacial score (nSPS) is 11.2. The minimum atomic E-state index is 0.970. The zero-order valence-corrected chi connectivity index (χ0v) is 15.4. The zero-order valence-electron chi connectivity index (χ0n) is 14.6. The zero-order chi connectivity index (χ0) is 16.6. The fraction of sp³-hybridized carbons (Fsp3) is 0.364. The van der Waals surface area contributed by atoms with E-state index in [0.29, 0.717) is 0 Å². The lowest BCUT2D eigenvalue weighted by molar-refractivity contribution is 0.586. The van der Waals surface area contributed by atoms with E-state index in [1.165, 1.54) is 58.2 Å². The van der Waals surface area contributed by atoms with E-state index in [1.54, 1.807) is 0 Å². The van der Waals surface area contributed by atoms with Gasteiger partial charge in [-0.15, -0.1) is 11.3 Å². The summed E-state index contributed by atoms with van der Waals surface area (Å²) in [6.45, 7) is 4.36. The van der Waals surface area contributed by atoms with Crippen LogP contribution in [-0.4, -0.2) is 6.54 Å². The summed E-state index contributed by atoms with van der Waals surface area (Å²) in [5.41, 5.74) is 2.74. The van der Waals surface area contributed by atoms with Crippen LogP contribution in [0.3, 0.4) is 0 Å². The number of nitrogens with one attached hydrogen (secondary N) is 1. The molecule has 0 saturated heterocycles. The molecule has 0 aliphatic heterocycles. The van der Waals surface area contributed by atoms with Crippen LogP contribution in [0.4, 0.5) is 0 Å². The number of hydrogen-bond acceptors (Lipinski definition) is 2. The van der Waals surface area contributed by atoms with Gasteiger partial charge in [0, 0.05) is 27.1 Å². The fourth-order valence-electron chi connectivity index (χ4n) is 3.20. The molecule has 0 bridgehead atoms. The minimum Gasteiger partial charge on any atom is -0.312 e. The number of hydrogen-bond donors (Lipinski definition) is 1. The fourth-order valence-corrected chi connectivity index (χ4v) is 4.39. The highest BCUT2D eigenvalue weighted by molar-refractivity contribution is 7.19. The van der Waals surface area contributed by atoms with E-state index >= 15 is 0 Å². The summed E-state index contributed by atoms with van der Waals surface area (Å²) < 4.78 is 1.39. The number of rotatable bonds is 9. The van der Waals surface area contributed by atoms with Crippen molar-refractivity contribution in [2.45, 2.75) is 45.6 Å². The topological polar surface area (TPSA) is 12.0 Å². The first-order valence-electron chi connectivity index (χ1n) is 9.16. The molecule has 3 aromatic rings. The molecule has 1 nitrogen and oxygen atoms in total. The second kappa shape index (κ2) is 9.00. The van der Waals surface area contributed by atoms with E-state index in [9.17, 15) is 0 Å². The molecule has 0 fully saturated rings. The molecule has 126 valence electrons. The van der Waals surface area contributed by atoms with Crippen molar-refractivity contribution in [1.82, 2.24) is 5.32 Å². The molecule has 2 heteroatoms. The van der Waals surface area contributed by atoms with Crippen LogP contribution in [0.15, 0.2) is 54.6 Å². The second-order valence-electron chi connectivity index (χ2n) is 6.35. The third kappa shape index (κ3) is 4.25. The summed E-state index contributed by atoms with van der Waals surface area (Å²) in [5.74, 6) is 0. The van der Waals surface area contributed by atoms with Gasteiger partial charge in [0.05, 0.1) is 0 Å². The molecule has 1 N–H and O–H groups in total. The maximum atomic E-state index is 3.66. The van der Waals surface area contributed by atoms with Crippen molar-refractivity contribution < 1.29 is 0 Å². The van der Waals surface area contributed by atoms with E-state index in [-0.39, 0.29) is 0 Å². The SMILES string of the molecule is CCCCCCCNCc1sc2ccccc2c1-c1ccccc1. The molecule has 0 amide bonds. The quantitative estimate of drug-likeness (QED) is 0.432. The average Bonchev–Trinajstić information content (AvgIpc) is 3.00. The van der Waals surface area contributed by atoms with Crippen LogP contribution in [0.5, 0.6) is 0 Å². The van der Waals surface area contributed by atoms with Crippen molar-refractivity contribution in [3.05, 3.63) is 59.5 Å². The Bertz CT molecular complexity index is 745. The van der Waals surface area contributed by atoms with Crippen LogP contribution in [0, 0.1) is 0 Å². The van der Waals surface area contributed by atoms with E-state index in [2.05, 4.69) is 66.8 Å². The van der Waals surface area contributed by atoms with Gasteiger partial charge in [-0.25, -0.2) is 0 Å². The van der Waals surface area contributed by atoms with Gasteiger partial charge in [0.1, 0.15) is 0 Å². The summed E-state index contributed by atoms with van der Waals surface area (Å²) >= 11 is 1.93. The molecule has 3 rings (SSSR count). The van der Waals surface area contributed by atoms with Gasteiger partial charge >= 0.3 is 0 Å². The minimum absolute atomic E-state index is 0.970. The Hall–Kier alpha value is -1.64. The molecule has 0 aliphatic rings. The predicted molar refractivity (Wildman–Crippen MR) is 108 cm³/mol. The van der Waals surface area contributed by atoms with Crippen LogP contribution in [0.2, 0.25) is 0 Å². The molecule has 0 radical (unpaired) electrons. The Morgan fingerprint density at radius 1 is 0.833 bits per heavy atom. The lowest BCUT2D eigenvalue weighted by Gasteiger charge is -2.07. The van der Waals surface area contributed by atoms with Crippen molar-refractivity contribution in [1.29, 1.82) is 0 Å². The van der Waals surface area contributed by atoms with Gasteiger partial charge in [-0.1, -0.05) is 81.1 Å². The van der Waals surface area contributed by atoms with Gasteiger partial charge in [0.25, 0.3) is 0 Å². The first-order valence-corrected chi connectivity index (χ1v) is 9.98. The Morgan fingerprint density at radius 2 is 1.58 bits per heavy atom. The largest absolute Gasteiger partial charge is 0.312 e. The van der Waals surface area contributed by atoms with Gasteiger partial charge in [-0.3, -0.25) is 0 Å². The Balaban J connectivity index is 1.71. The van der Waals surface area contributed by atoms with Crippen LogP contribution < -0.4 is 5.32 Å². The van der Waals surface area contributed by atoms with E-state index < -0.39 is 0 Å². The van der Waals surface area contributed by atoms with E-state index in [0.717, 1.165) is 13.1 Å². The second-order valence-corrected chi connectivity index (χ2v) is 7.49. The van der Waals surface area contributed by atoms with E-state index in [1.807, 2.05) is 11.3 Å². The predicted octanol–water partition coefficient (Wildman–Crippen LogP) is 6.63. The van der Waals surface area contributed by atoms with Crippen LogP contribution in [-0.2, 0) is 6.54 Å². The molecule has 24 heavy (non-hydrogen) atoms. The van der Waals surface area contributed by atoms with Crippen molar-refractivity contribution in [3.8, 4) is 11.1 Å². The van der Waals surface area contributed by atoms with Gasteiger partial charge in [0.15, 0.2) is 0 Å². The maximum absolute atomic E-state index is 3.66. The van der Waals surface area contributed by atoms with Crippen LogP contribution in [0.1, 0.15) is 43.9 Å². The van der Waals surface area contributed by atoms with Crippen molar-refractivity contribution in [3.63, 3.8) is 0 Å². The third-order valence-electron chi connectivity index (χ3n) is 4.47. The molecular weight excluding hydrogens is 310 g/mol. The molecule has 0 aliphatic carbocycles. The number of thiophene rings is 1. The Labute approximate surface area is 149 Å². The lowest BCUT2D eigenvalue weighted by atomic mass is 10.0. The highest BCUT2D eigenvalue weighted by Crippen LogP contribution is 2.38. The summed E-state index contributed by atoms with van der Waals surface area (Å²) in [5, 5.41) is 5.04.